The standard InChI is InChI=1S/C11H18N4O4/c1-9-11(14-19-13-9)18-5-2-12-10(16)8-15-3-6-17-7-4-15/h2-8H2,1H3,(H,12,16). The number of amides is 1. The molecule has 1 fully saturated rings. The molecule has 0 aliphatic carbocycles. The van der Waals surface area contributed by atoms with Gasteiger partial charge >= 0.3 is 0 Å². The fraction of sp³-hybridized carbons (Fsp3) is 0.727. The largest absolute Gasteiger partial charge is 0.472 e. The molecule has 1 N–H and O–H groups in total. The Labute approximate surface area is 111 Å². The number of hydrogen-bond acceptors (Lipinski definition) is 7. The molecule has 1 aliphatic heterocycles. The third-order valence-corrected chi connectivity index (χ3v) is 2.74. The second kappa shape index (κ2) is 7.05. The Hall–Kier alpha value is -1.67. The van der Waals surface area contributed by atoms with Gasteiger partial charge in [-0.1, -0.05) is 5.16 Å². The quantitative estimate of drug-likeness (QED) is 0.677. The number of carbonyl (C=O) groups excluding carboxylic acids is 1. The van der Waals surface area contributed by atoms with Crippen LogP contribution >= 0.6 is 0 Å². The first-order valence-corrected chi connectivity index (χ1v) is 6.24. The van der Waals surface area contributed by atoms with E-state index in [1.54, 1.807) is 6.92 Å². The van der Waals surface area contributed by atoms with E-state index in [1.807, 2.05) is 0 Å². The molecule has 19 heavy (non-hydrogen) atoms. The van der Waals surface area contributed by atoms with Crippen LogP contribution in [0.15, 0.2) is 4.63 Å². The summed E-state index contributed by atoms with van der Waals surface area (Å²) in [5.41, 5.74) is 0.597. The van der Waals surface area contributed by atoms with Crippen molar-refractivity contribution in [1.82, 2.24) is 20.5 Å². The summed E-state index contributed by atoms with van der Waals surface area (Å²) in [4.78, 5) is 13.7. The number of ether oxygens (including phenoxy) is 2. The van der Waals surface area contributed by atoms with Crippen molar-refractivity contribution < 1.29 is 18.9 Å². The average Bonchev–Trinajstić information content (AvgIpc) is 2.81. The van der Waals surface area contributed by atoms with E-state index in [2.05, 4.69) is 25.2 Å². The molecule has 2 heterocycles. The van der Waals surface area contributed by atoms with Crippen LogP contribution in [0, 0.1) is 6.92 Å². The summed E-state index contributed by atoms with van der Waals surface area (Å²) >= 11 is 0. The monoisotopic (exact) mass is 270 g/mol. The molecule has 0 spiro atoms. The first-order valence-electron chi connectivity index (χ1n) is 6.24. The molecule has 1 amide bonds. The Morgan fingerprint density at radius 1 is 1.42 bits per heavy atom. The van der Waals surface area contributed by atoms with Crippen molar-refractivity contribution in [2.45, 2.75) is 6.92 Å². The Morgan fingerprint density at radius 3 is 2.89 bits per heavy atom. The number of carbonyl (C=O) groups is 1. The average molecular weight is 270 g/mol. The van der Waals surface area contributed by atoms with E-state index in [-0.39, 0.29) is 5.91 Å². The van der Waals surface area contributed by atoms with Gasteiger partial charge in [-0.3, -0.25) is 9.69 Å². The summed E-state index contributed by atoms with van der Waals surface area (Å²) < 4.78 is 15.0. The first kappa shape index (κ1) is 13.8. The highest BCUT2D eigenvalue weighted by Gasteiger charge is 2.13. The van der Waals surface area contributed by atoms with Gasteiger partial charge in [-0.15, -0.1) is 0 Å². The molecule has 0 atom stereocenters. The summed E-state index contributed by atoms with van der Waals surface area (Å²) in [6.07, 6.45) is 0. The first-order chi connectivity index (χ1) is 9.25. The minimum atomic E-state index is -0.0134. The third-order valence-electron chi connectivity index (χ3n) is 2.74. The van der Waals surface area contributed by atoms with E-state index >= 15 is 0 Å². The maximum absolute atomic E-state index is 11.6. The van der Waals surface area contributed by atoms with E-state index in [1.165, 1.54) is 0 Å². The lowest BCUT2D eigenvalue weighted by atomic mass is 10.4. The van der Waals surface area contributed by atoms with E-state index in [0.717, 1.165) is 13.1 Å². The summed E-state index contributed by atoms with van der Waals surface area (Å²) in [6, 6.07) is 0. The maximum atomic E-state index is 11.6. The summed E-state index contributed by atoms with van der Waals surface area (Å²) in [7, 11) is 0. The van der Waals surface area contributed by atoms with Gasteiger partial charge in [0.05, 0.1) is 26.3 Å². The maximum Gasteiger partial charge on any atom is 0.278 e. The molecule has 106 valence electrons. The second-order valence-electron chi connectivity index (χ2n) is 4.24. The van der Waals surface area contributed by atoms with Crippen molar-refractivity contribution in [3.05, 3.63) is 5.69 Å². The van der Waals surface area contributed by atoms with Crippen LogP contribution in [0.2, 0.25) is 0 Å². The number of nitrogens with one attached hydrogen (secondary N) is 1. The fourth-order valence-corrected chi connectivity index (χ4v) is 1.71. The van der Waals surface area contributed by atoms with Crippen molar-refractivity contribution in [2.24, 2.45) is 0 Å². The number of nitrogens with zero attached hydrogens (tertiary/aromatic N) is 3. The van der Waals surface area contributed by atoms with Crippen molar-refractivity contribution in [1.29, 1.82) is 0 Å². The SMILES string of the molecule is Cc1nonc1OCCNC(=O)CN1CCOCC1. The molecule has 1 saturated heterocycles. The minimum Gasteiger partial charge on any atom is -0.472 e. The lowest BCUT2D eigenvalue weighted by molar-refractivity contribution is -0.123. The predicted octanol–water partition coefficient (Wildman–Crippen LogP) is -0.795. The predicted molar refractivity (Wildman–Crippen MR) is 64.8 cm³/mol. The zero-order valence-corrected chi connectivity index (χ0v) is 10.9. The lowest BCUT2D eigenvalue weighted by Crippen LogP contribution is -2.43. The van der Waals surface area contributed by atoms with E-state index in [9.17, 15) is 4.79 Å². The molecule has 1 aromatic heterocycles. The van der Waals surface area contributed by atoms with Crippen LogP contribution in [0.3, 0.4) is 0 Å². The topological polar surface area (TPSA) is 89.7 Å². The third kappa shape index (κ3) is 4.49. The highest BCUT2D eigenvalue weighted by atomic mass is 16.6. The summed E-state index contributed by atoms with van der Waals surface area (Å²) in [6.45, 7) is 5.88. The molecular weight excluding hydrogens is 252 g/mol. The Morgan fingerprint density at radius 2 is 2.21 bits per heavy atom. The van der Waals surface area contributed by atoms with Gasteiger partial charge in [-0.25, -0.2) is 4.63 Å². The van der Waals surface area contributed by atoms with E-state index in [4.69, 9.17) is 9.47 Å². The molecule has 8 nitrogen and oxygen atoms in total. The highest BCUT2D eigenvalue weighted by molar-refractivity contribution is 5.77. The Bertz CT molecular complexity index is 403. The molecule has 8 heteroatoms. The smallest absolute Gasteiger partial charge is 0.278 e. The van der Waals surface area contributed by atoms with E-state index < -0.39 is 0 Å². The van der Waals surface area contributed by atoms with Crippen molar-refractivity contribution >= 4 is 5.91 Å². The number of morpholine rings is 1. The molecule has 0 unspecified atom stereocenters. The van der Waals surface area contributed by atoms with Gasteiger partial charge in [0.25, 0.3) is 5.88 Å². The van der Waals surface area contributed by atoms with Crippen LogP contribution < -0.4 is 10.1 Å². The number of aromatic nitrogens is 2. The molecular formula is C11H18N4O4. The number of aryl methyl sites for hydroxylation is 1. The molecule has 2 rings (SSSR count). The van der Waals surface area contributed by atoms with E-state index in [0.29, 0.717) is 44.5 Å². The van der Waals surface area contributed by atoms with Gasteiger partial charge in [0, 0.05) is 13.1 Å². The zero-order chi connectivity index (χ0) is 13.5. The van der Waals surface area contributed by atoms with Gasteiger partial charge in [0.1, 0.15) is 12.3 Å². The molecule has 0 bridgehead atoms. The molecule has 0 saturated carbocycles. The highest BCUT2D eigenvalue weighted by Crippen LogP contribution is 2.09. The van der Waals surface area contributed by atoms with Crippen LogP contribution in [-0.2, 0) is 9.53 Å². The fourth-order valence-electron chi connectivity index (χ4n) is 1.71. The summed E-state index contributed by atoms with van der Waals surface area (Å²) in [5, 5.41) is 9.96. The number of rotatable bonds is 6. The Balaban J connectivity index is 1.57. The van der Waals surface area contributed by atoms with Gasteiger partial charge < -0.3 is 14.8 Å². The lowest BCUT2D eigenvalue weighted by Gasteiger charge is -2.25. The second-order valence-corrected chi connectivity index (χ2v) is 4.24. The molecule has 0 aromatic carbocycles. The van der Waals surface area contributed by atoms with Crippen LogP contribution in [-0.4, -0.2) is 67.1 Å². The molecule has 1 aliphatic rings. The van der Waals surface area contributed by atoms with Crippen LogP contribution in [0.4, 0.5) is 0 Å². The van der Waals surface area contributed by atoms with Crippen molar-refractivity contribution in [3.63, 3.8) is 0 Å². The Kier molecular flexibility index (Phi) is 5.10. The van der Waals surface area contributed by atoms with Crippen LogP contribution in [0.5, 0.6) is 5.88 Å². The zero-order valence-electron chi connectivity index (χ0n) is 10.9. The van der Waals surface area contributed by atoms with Crippen LogP contribution in [0.25, 0.3) is 0 Å². The van der Waals surface area contributed by atoms with Gasteiger partial charge in [0.15, 0.2) is 0 Å². The van der Waals surface area contributed by atoms with Gasteiger partial charge in [-0.2, -0.15) is 0 Å². The minimum absolute atomic E-state index is 0.0134. The van der Waals surface area contributed by atoms with Gasteiger partial charge in [-0.05, 0) is 12.1 Å². The van der Waals surface area contributed by atoms with Crippen molar-refractivity contribution in [2.75, 3.05) is 46.0 Å². The van der Waals surface area contributed by atoms with Gasteiger partial charge in [0.2, 0.25) is 5.91 Å². The normalized spacial score (nSPS) is 16.3. The number of hydrogen-bond donors (Lipinski definition) is 1. The summed E-state index contributed by atoms with van der Waals surface area (Å²) in [5.74, 6) is 0.350. The molecule has 1 aromatic rings. The molecule has 0 radical (unpaired) electrons. The van der Waals surface area contributed by atoms with Crippen molar-refractivity contribution in [3.8, 4) is 5.88 Å². The van der Waals surface area contributed by atoms with Crippen LogP contribution in [0.1, 0.15) is 5.69 Å².